The third-order valence-corrected chi connectivity index (χ3v) is 2.17. The predicted octanol–water partition coefficient (Wildman–Crippen LogP) is 0.242. The summed E-state index contributed by atoms with van der Waals surface area (Å²) < 4.78 is 4.52. The number of carbonyl (C=O) groups excluding carboxylic acids is 2. The summed E-state index contributed by atoms with van der Waals surface area (Å²) in [6.45, 7) is 0. The quantitative estimate of drug-likeness (QED) is 0.492. The first-order valence-corrected chi connectivity index (χ1v) is 4.19. The molecule has 0 aromatic carbocycles. The molecule has 1 rings (SSSR count). The molecule has 0 radical (unpaired) electrons. The molecule has 0 heterocycles. The molecule has 0 bridgehead atoms. The van der Waals surface area contributed by atoms with Crippen LogP contribution in [0.2, 0.25) is 0 Å². The van der Waals surface area contributed by atoms with Crippen molar-refractivity contribution in [2.75, 3.05) is 14.2 Å². The Bertz CT molecular complexity index is 258. The zero-order valence-electron chi connectivity index (χ0n) is 7.79. The van der Waals surface area contributed by atoms with Crippen LogP contribution >= 0.6 is 0 Å². The number of hydrogen-bond donors (Lipinski definition) is 1. The molecular weight excluding hydrogens is 170 g/mol. The van der Waals surface area contributed by atoms with Gasteiger partial charge in [0.05, 0.1) is 7.11 Å². The van der Waals surface area contributed by atoms with Gasteiger partial charge >= 0.3 is 5.97 Å². The number of ketones is 1. The standard InChI is InChI=1S/C9H13NO3/c1-10-6-3-4-7(8(11)5-6)9(12)13-2/h5,7,10H,3-4H2,1-2H3. The SMILES string of the molecule is CNC1=CC(=O)C(C(=O)OC)CC1. The fourth-order valence-electron chi connectivity index (χ4n) is 1.36. The van der Waals surface area contributed by atoms with Gasteiger partial charge in [0.2, 0.25) is 0 Å². The molecule has 0 aromatic heterocycles. The number of rotatable bonds is 2. The smallest absolute Gasteiger partial charge is 0.316 e. The molecule has 0 fully saturated rings. The molecule has 0 aromatic rings. The van der Waals surface area contributed by atoms with E-state index in [1.807, 2.05) is 0 Å². The van der Waals surface area contributed by atoms with E-state index in [2.05, 4.69) is 10.1 Å². The second kappa shape index (κ2) is 4.07. The molecule has 0 spiro atoms. The third kappa shape index (κ3) is 2.08. The van der Waals surface area contributed by atoms with Gasteiger partial charge in [-0.1, -0.05) is 0 Å². The molecule has 72 valence electrons. The van der Waals surface area contributed by atoms with Gasteiger partial charge in [0.25, 0.3) is 0 Å². The number of hydrogen-bond acceptors (Lipinski definition) is 4. The van der Waals surface area contributed by atoms with Gasteiger partial charge in [0.1, 0.15) is 5.92 Å². The average molecular weight is 183 g/mol. The molecule has 1 atom stereocenters. The predicted molar refractivity (Wildman–Crippen MR) is 46.9 cm³/mol. The van der Waals surface area contributed by atoms with Crippen molar-refractivity contribution in [2.24, 2.45) is 5.92 Å². The minimum absolute atomic E-state index is 0.164. The van der Waals surface area contributed by atoms with Crippen molar-refractivity contribution in [2.45, 2.75) is 12.8 Å². The summed E-state index contributed by atoms with van der Waals surface area (Å²) in [5.41, 5.74) is 0.880. The molecule has 0 saturated heterocycles. The van der Waals surface area contributed by atoms with Gasteiger partial charge in [-0.05, 0) is 12.8 Å². The maximum absolute atomic E-state index is 11.3. The van der Waals surface area contributed by atoms with E-state index in [1.165, 1.54) is 13.2 Å². The lowest BCUT2D eigenvalue weighted by Crippen LogP contribution is -2.29. The van der Waals surface area contributed by atoms with Crippen LogP contribution in [-0.2, 0) is 14.3 Å². The molecule has 1 N–H and O–H groups in total. The van der Waals surface area contributed by atoms with E-state index in [0.717, 1.165) is 12.1 Å². The van der Waals surface area contributed by atoms with Crippen LogP contribution < -0.4 is 5.32 Å². The van der Waals surface area contributed by atoms with Crippen molar-refractivity contribution in [3.8, 4) is 0 Å². The molecule has 0 saturated carbocycles. The Morgan fingerprint density at radius 1 is 1.69 bits per heavy atom. The van der Waals surface area contributed by atoms with E-state index < -0.39 is 11.9 Å². The molecular formula is C9H13NO3. The third-order valence-electron chi connectivity index (χ3n) is 2.17. The Hall–Kier alpha value is -1.32. The fraction of sp³-hybridized carbons (Fsp3) is 0.556. The normalized spacial score (nSPS) is 22.2. The summed E-state index contributed by atoms with van der Waals surface area (Å²) in [6.07, 6.45) is 2.74. The maximum atomic E-state index is 11.3. The van der Waals surface area contributed by atoms with Gasteiger partial charge in [-0.3, -0.25) is 9.59 Å². The Labute approximate surface area is 76.9 Å². The van der Waals surface area contributed by atoms with Crippen LogP contribution in [0.15, 0.2) is 11.8 Å². The minimum atomic E-state index is -0.595. The van der Waals surface area contributed by atoms with Crippen LogP contribution in [-0.4, -0.2) is 25.9 Å². The Morgan fingerprint density at radius 2 is 2.38 bits per heavy atom. The van der Waals surface area contributed by atoms with Crippen molar-refractivity contribution >= 4 is 11.8 Å². The van der Waals surface area contributed by atoms with E-state index in [9.17, 15) is 9.59 Å². The topological polar surface area (TPSA) is 55.4 Å². The molecule has 1 unspecified atom stereocenters. The summed E-state index contributed by atoms with van der Waals surface area (Å²) in [4.78, 5) is 22.4. The number of esters is 1. The second-order valence-corrected chi connectivity index (χ2v) is 2.94. The number of allylic oxidation sites excluding steroid dienone is 2. The summed E-state index contributed by atoms with van der Waals surface area (Å²) in [6, 6.07) is 0. The van der Waals surface area contributed by atoms with E-state index in [-0.39, 0.29) is 5.78 Å². The Morgan fingerprint density at radius 3 is 2.85 bits per heavy atom. The number of methoxy groups -OCH3 is 1. The summed E-state index contributed by atoms with van der Waals surface area (Å²) in [5, 5.41) is 2.90. The molecule has 1 aliphatic rings. The van der Waals surface area contributed by atoms with Gasteiger partial charge in [-0.15, -0.1) is 0 Å². The van der Waals surface area contributed by atoms with E-state index in [4.69, 9.17) is 0 Å². The molecule has 4 nitrogen and oxygen atoms in total. The highest BCUT2D eigenvalue weighted by molar-refractivity contribution is 6.05. The highest BCUT2D eigenvalue weighted by Gasteiger charge is 2.29. The van der Waals surface area contributed by atoms with Crippen LogP contribution in [0.4, 0.5) is 0 Å². The van der Waals surface area contributed by atoms with Crippen LogP contribution in [0.3, 0.4) is 0 Å². The van der Waals surface area contributed by atoms with Crippen molar-refractivity contribution in [3.05, 3.63) is 11.8 Å². The van der Waals surface area contributed by atoms with Gasteiger partial charge in [0.15, 0.2) is 5.78 Å². The molecule has 0 amide bonds. The summed E-state index contributed by atoms with van der Waals surface area (Å²) in [5.74, 6) is -1.19. The van der Waals surface area contributed by atoms with Crippen LogP contribution in [0.5, 0.6) is 0 Å². The lowest BCUT2D eigenvalue weighted by molar-refractivity contribution is -0.148. The molecule has 13 heavy (non-hydrogen) atoms. The average Bonchev–Trinajstić information content (AvgIpc) is 2.16. The molecule has 0 aliphatic heterocycles. The zero-order chi connectivity index (χ0) is 9.84. The van der Waals surface area contributed by atoms with Crippen molar-refractivity contribution in [1.29, 1.82) is 0 Å². The van der Waals surface area contributed by atoms with Gasteiger partial charge in [-0.2, -0.15) is 0 Å². The summed E-state index contributed by atoms with van der Waals surface area (Å²) >= 11 is 0. The van der Waals surface area contributed by atoms with Crippen LogP contribution in [0, 0.1) is 5.92 Å². The van der Waals surface area contributed by atoms with Gasteiger partial charge < -0.3 is 10.1 Å². The highest BCUT2D eigenvalue weighted by Crippen LogP contribution is 2.19. The maximum Gasteiger partial charge on any atom is 0.316 e. The first kappa shape index (κ1) is 9.77. The Kier molecular flexibility index (Phi) is 3.06. The number of carbonyl (C=O) groups is 2. The van der Waals surface area contributed by atoms with Crippen molar-refractivity contribution in [3.63, 3.8) is 0 Å². The number of nitrogens with one attached hydrogen (secondary N) is 1. The highest BCUT2D eigenvalue weighted by atomic mass is 16.5. The van der Waals surface area contributed by atoms with Crippen molar-refractivity contribution < 1.29 is 14.3 Å². The minimum Gasteiger partial charge on any atom is -0.468 e. The first-order valence-electron chi connectivity index (χ1n) is 4.19. The number of ether oxygens (including phenoxy) is 1. The summed E-state index contributed by atoms with van der Waals surface area (Å²) in [7, 11) is 3.06. The monoisotopic (exact) mass is 183 g/mol. The van der Waals surface area contributed by atoms with E-state index in [1.54, 1.807) is 7.05 Å². The lowest BCUT2D eigenvalue weighted by atomic mass is 9.91. The Balaban J connectivity index is 2.70. The fourth-order valence-corrected chi connectivity index (χ4v) is 1.36. The largest absolute Gasteiger partial charge is 0.468 e. The van der Waals surface area contributed by atoms with Gasteiger partial charge in [0, 0.05) is 18.8 Å². The molecule has 4 heteroatoms. The molecule has 1 aliphatic carbocycles. The van der Waals surface area contributed by atoms with E-state index >= 15 is 0 Å². The van der Waals surface area contributed by atoms with Crippen LogP contribution in [0.25, 0.3) is 0 Å². The lowest BCUT2D eigenvalue weighted by Gasteiger charge is -2.18. The second-order valence-electron chi connectivity index (χ2n) is 2.94. The zero-order valence-corrected chi connectivity index (χ0v) is 7.79. The first-order chi connectivity index (χ1) is 6.19. The van der Waals surface area contributed by atoms with E-state index in [0.29, 0.717) is 6.42 Å². The van der Waals surface area contributed by atoms with Gasteiger partial charge in [-0.25, -0.2) is 0 Å². The van der Waals surface area contributed by atoms with Crippen LogP contribution in [0.1, 0.15) is 12.8 Å². The van der Waals surface area contributed by atoms with Crippen molar-refractivity contribution in [1.82, 2.24) is 5.32 Å².